The van der Waals surface area contributed by atoms with Gasteiger partial charge in [0.1, 0.15) is 22.7 Å². The lowest BCUT2D eigenvalue weighted by Crippen LogP contribution is -2.43. The predicted molar refractivity (Wildman–Crippen MR) is 126 cm³/mol. The van der Waals surface area contributed by atoms with Gasteiger partial charge in [0.2, 0.25) is 5.88 Å². The number of hydrogen-bond donors (Lipinski definition) is 2. The zero-order valence-electron chi connectivity index (χ0n) is 19.8. The molecular formula is C23H32ClN5O5. The number of imide groups is 1. The Bertz CT molecular complexity index is 1030. The Hall–Kier alpha value is -2.75. The molecule has 10 nitrogen and oxygen atoms in total. The fourth-order valence-electron chi connectivity index (χ4n) is 4.31. The monoisotopic (exact) mass is 493 g/mol. The highest BCUT2D eigenvalue weighted by Gasteiger charge is 2.28. The molecule has 2 aromatic rings. The first kappa shape index (κ1) is 24.4. The molecule has 0 unspecified atom stereocenters. The molecule has 2 N–H and O–H groups in total. The molecule has 2 saturated carbocycles. The smallest absolute Gasteiger partial charge is 0.415 e. The number of hydrogen-bond acceptors (Lipinski definition) is 7. The molecule has 186 valence electrons. The Kier molecular flexibility index (Phi) is 7.65. The molecule has 0 bridgehead atoms. The number of methoxy groups -OCH3 is 1. The summed E-state index contributed by atoms with van der Waals surface area (Å²) in [7, 11) is 3.11. The lowest BCUT2D eigenvalue weighted by molar-refractivity contribution is 0.114. The lowest BCUT2D eigenvalue weighted by Gasteiger charge is -2.29. The summed E-state index contributed by atoms with van der Waals surface area (Å²) < 4.78 is 18.3. The summed E-state index contributed by atoms with van der Waals surface area (Å²) in [5.74, 6) is 1.03. The van der Waals surface area contributed by atoms with E-state index in [1.807, 2.05) is 18.5 Å². The average molecular weight is 494 g/mol. The number of carbonyl (C=O) groups is 2. The van der Waals surface area contributed by atoms with Crippen LogP contribution in [-0.4, -0.2) is 52.0 Å². The highest BCUT2D eigenvalue weighted by atomic mass is 35.5. The number of aryl methyl sites for hydroxylation is 1. The van der Waals surface area contributed by atoms with Crippen LogP contribution in [0.15, 0.2) is 6.20 Å². The number of nitrogens with one attached hydrogen (secondary N) is 2. The summed E-state index contributed by atoms with van der Waals surface area (Å²) in [5.41, 5.74) is 1.46. The normalized spacial score (nSPS) is 21.1. The third-order valence-electron chi connectivity index (χ3n) is 6.44. The molecule has 34 heavy (non-hydrogen) atoms. The second-order valence-corrected chi connectivity index (χ2v) is 9.59. The van der Waals surface area contributed by atoms with Gasteiger partial charge in [-0.3, -0.25) is 4.57 Å². The molecule has 2 fully saturated rings. The van der Waals surface area contributed by atoms with Crippen molar-refractivity contribution in [1.29, 1.82) is 0 Å². The number of urea groups is 1. The van der Waals surface area contributed by atoms with Crippen LogP contribution < -0.4 is 20.1 Å². The number of carbonyl (C=O) groups excluding carboxylic acids is 2. The van der Waals surface area contributed by atoms with Crippen molar-refractivity contribution in [3.05, 3.63) is 11.2 Å². The van der Waals surface area contributed by atoms with Crippen molar-refractivity contribution >= 4 is 34.8 Å². The second kappa shape index (κ2) is 10.7. The van der Waals surface area contributed by atoms with E-state index in [9.17, 15) is 9.59 Å². The first-order chi connectivity index (χ1) is 16.3. The quantitative estimate of drug-likeness (QED) is 0.561. The number of amides is 3. The third-order valence-corrected chi connectivity index (χ3v) is 6.78. The van der Waals surface area contributed by atoms with Gasteiger partial charge in [-0.1, -0.05) is 11.6 Å². The number of fused-ring (bicyclic) bond motifs is 1. The van der Waals surface area contributed by atoms with E-state index in [1.165, 1.54) is 7.11 Å². The summed E-state index contributed by atoms with van der Waals surface area (Å²) in [5, 5.41) is 5.33. The van der Waals surface area contributed by atoms with E-state index in [0.29, 0.717) is 28.3 Å². The van der Waals surface area contributed by atoms with Gasteiger partial charge >= 0.3 is 12.1 Å². The van der Waals surface area contributed by atoms with Gasteiger partial charge in [0.15, 0.2) is 0 Å². The van der Waals surface area contributed by atoms with Crippen molar-refractivity contribution in [2.75, 3.05) is 7.11 Å². The fraction of sp³-hybridized carbons (Fsp3) is 0.652. The van der Waals surface area contributed by atoms with E-state index >= 15 is 0 Å². The number of ether oxygens (including phenoxy) is 3. The number of rotatable bonds is 8. The molecule has 11 heteroatoms. The molecule has 2 aliphatic carbocycles. The largest absolute Gasteiger partial charge is 0.473 e. The molecule has 0 aliphatic heterocycles. The highest BCUT2D eigenvalue weighted by molar-refractivity contribution is 6.36. The molecule has 4 rings (SSSR count). The zero-order valence-corrected chi connectivity index (χ0v) is 20.6. The maximum absolute atomic E-state index is 11.7. The van der Waals surface area contributed by atoms with Crippen LogP contribution in [0.25, 0.3) is 11.0 Å². The molecule has 0 aromatic carbocycles. The number of imidazole rings is 1. The maximum Gasteiger partial charge on any atom is 0.415 e. The van der Waals surface area contributed by atoms with Gasteiger partial charge in [-0.05, 0) is 64.2 Å². The Labute approximate surface area is 203 Å². The SMILES string of the molecule is COC(=O)NC(=O)N[C@@H](C)CC[C@H]1CC[C@H](Oc2nc3cnc(OC4CC4)c(Cl)c3n2C)CC1. The Morgan fingerprint density at radius 1 is 1.18 bits per heavy atom. The molecule has 1 atom stereocenters. The van der Waals surface area contributed by atoms with Crippen molar-refractivity contribution in [3.63, 3.8) is 0 Å². The maximum atomic E-state index is 11.7. The van der Waals surface area contributed by atoms with Crippen LogP contribution in [0.5, 0.6) is 11.9 Å². The van der Waals surface area contributed by atoms with Gasteiger partial charge < -0.3 is 19.5 Å². The summed E-state index contributed by atoms with van der Waals surface area (Å²) in [6.45, 7) is 1.93. The topological polar surface area (TPSA) is 117 Å². The van der Waals surface area contributed by atoms with Crippen LogP contribution >= 0.6 is 11.6 Å². The predicted octanol–water partition coefficient (Wildman–Crippen LogP) is 4.33. The second-order valence-electron chi connectivity index (χ2n) is 9.21. The molecule has 3 amide bonds. The van der Waals surface area contributed by atoms with Crippen LogP contribution in [0.4, 0.5) is 9.59 Å². The van der Waals surface area contributed by atoms with Crippen LogP contribution in [0.1, 0.15) is 58.3 Å². The minimum Gasteiger partial charge on any atom is -0.473 e. The number of alkyl carbamates (subject to hydrolysis) is 1. The van der Waals surface area contributed by atoms with Crippen molar-refractivity contribution in [2.24, 2.45) is 13.0 Å². The highest BCUT2D eigenvalue weighted by Crippen LogP contribution is 2.37. The van der Waals surface area contributed by atoms with E-state index in [1.54, 1.807) is 6.20 Å². The van der Waals surface area contributed by atoms with Gasteiger partial charge in [0, 0.05) is 13.1 Å². The van der Waals surface area contributed by atoms with E-state index in [4.69, 9.17) is 21.1 Å². The molecule has 2 aliphatic rings. The lowest BCUT2D eigenvalue weighted by atomic mass is 9.84. The summed E-state index contributed by atoms with van der Waals surface area (Å²) >= 11 is 6.56. The minimum absolute atomic E-state index is 0.0363. The molecule has 0 spiro atoms. The van der Waals surface area contributed by atoms with Crippen LogP contribution in [0.3, 0.4) is 0 Å². The minimum atomic E-state index is -0.769. The summed E-state index contributed by atoms with van der Waals surface area (Å²) in [6, 6.07) is -0.0358. The Balaban J connectivity index is 1.25. The third kappa shape index (κ3) is 6.02. The molecule has 2 heterocycles. The average Bonchev–Trinajstić information content (AvgIpc) is 3.58. The zero-order chi connectivity index (χ0) is 24.2. The van der Waals surface area contributed by atoms with E-state index in [-0.39, 0.29) is 18.2 Å². The molecule has 0 radical (unpaired) electrons. The molecular weight excluding hydrogens is 462 g/mol. The number of pyridine rings is 1. The van der Waals surface area contributed by atoms with Crippen LogP contribution in [0.2, 0.25) is 5.02 Å². The van der Waals surface area contributed by atoms with Crippen molar-refractivity contribution < 1.29 is 23.8 Å². The Morgan fingerprint density at radius 3 is 2.53 bits per heavy atom. The first-order valence-corrected chi connectivity index (χ1v) is 12.2. The number of halogens is 1. The van der Waals surface area contributed by atoms with Crippen LogP contribution in [0, 0.1) is 5.92 Å². The van der Waals surface area contributed by atoms with E-state index in [0.717, 1.165) is 56.9 Å². The van der Waals surface area contributed by atoms with Crippen molar-refractivity contribution in [3.8, 4) is 11.9 Å². The van der Waals surface area contributed by atoms with E-state index in [2.05, 4.69) is 25.3 Å². The standard InChI is InChI=1S/C23H32ClN5O5/c1-13(26-21(30)28-23(31)32-3)4-5-14-6-8-16(9-7-14)34-22-27-17-12-25-20(33-15-10-11-15)18(24)19(17)29(22)2/h12-16H,4-11H2,1-3H3,(H2,26,28,30,31)/t13-,14-,16-/m0/s1. The molecule has 2 aromatic heterocycles. The Morgan fingerprint density at radius 2 is 1.85 bits per heavy atom. The fourth-order valence-corrected chi connectivity index (χ4v) is 4.62. The van der Waals surface area contributed by atoms with E-state index < -0.39 is 12.1 Å². The first-order valence-electron chi connectivity index (χ1n) is 11.8. The number of aromatic nitrogens is 3. The van der Waals surface area contributed by atoms with Gasteiger partial charge in [0.05, 0.1) is 18.8 Å². The van der Waals surface area contributed by atoms with Gasteiger partial charge in [0.25, 0.3) is 6.01 Å². The van der Waals surface area contributed by atoms with Gasteiger partial charge in [-0.25, -0.2) is 19.9 Å². The van der Waals surface area contributed by atoms with Crippen molar-refractivity contribution in [2.45, 2.75) is 76.5 Å². The summed E-state index contributed by atoms with van der Waals surface area (Å²) in [4.78, 5) is 31.7. The molecule has 0 saturated heterocycles. The summed E-state index contributed by atoms with van der Waals surface area (Å²) in [6.07, 6.45) is 9.15. The van der Waals surface area contributed by atoms with Gasteiger partial charge in [-0.15, -0.1) is 0 Å². The van der Waals surface area contributed by atoms with Gasteiger partial charge in [-0.2, -0.15) is 4.98 Å². The van der Waals surface area contributed by atoms with Crippen LogP contribution in [-0.2, 0) is 11.8 Å². The number of nitrogens with zero attached hydrogens (tertiary/aromatic N) is 3. The van der Waals surface area contributed by atoms with Crippen molar-refractivity contribution in [1.82, 2.24) is 25.2 Å².